The van der Waals surface area contributed by atoms with Gasteiger partial charge in [-0.15, -0.1) is 0 Å². The molecule has 1 aliphatic carbocycles. The molecule has 0 aromatic carbocycles. The molecular formula is C13H28N4. The van der Waals surface area contributed by atoms with Crippen LogP contribution in [0.3, 0.4) is 0 Å². The number of hydrogen-bond acceptors (Lipinski definition) is 4. The first-order valence-electron chi connectivity index (χ1n) is 6.71. The van der Waals surface area contributed by atoms with Crippen molar-refractivity contribution in [2.75, 3.05) is 0 Å². The van der Waals surface area contributed by atoms with E-state index in [1.165, 1.54) is 32.1 Å². The minimum atomic E-state index is -0.567. The predicted octanol–water partition coefficient (Wildman–Crippen LogP) is 2.15. The summed E-state index contributed by atoms with van der Waals surface area (Å²) in [7, 11) is 0. The lowest BCUT2D eigenvalue weighted by atomic mass is 9.69. The smallest absolute Gasteiger partial charge is 0.142 e. The third-order valence-electron chi connectivity index (χ3n) is 3.83. The van der Waals surface area contributed by atoms with E-state index >= 15 is 0 Å². The van der Waals surface area contributed by atoms with Gasteiger partial charge in [-0.3, -0.25) is 16.9 Å². The van der Waals surface area contributed by atoms with Crippen molar-refractivity contribution in [2.45, 2.75) is 65.6 Å². The van der Waals surface area contributed by atoms with Gasteiger partial charge in [0.2, 0.25) is 0 Å². The van der Waals surface area contributed by atoms with Gasteiger partial charge in [-0.05, 0) is 37.5 Å². The number of hydrazone groups is 1. The Morgan fingerprint density at radius 1 is 1.29 bits per heavy atom. The van der Waals surface area contributed by atoms with Gasteiger partial charge in [0.15, 0.2) is 0 Å². The van der Waals surface area contributed by atoms with Gasteiger partial charge >= 0.3 is 0 Å². The van der Waals surface area contributed by atoms with E-state index in [4.69, 9.17) is 11.5 Å². The van der Waals surface area contributed by atoms with E-state index in [2.05, 4.69) is 24.4 Å². The van der Waals surface area contributed by atoms with Gasteiger partial charge in [0.1, 0.15) is 6.29 Å². The SMILES string of the molecule is CC(CC(C)(C)C1CCCCC1)=NNC(N)N. The van der Waals surface area contributed by atoms with Crippen LogP contribution in [0.1, 0.15) is 59.3 Å². The number of nitrogens with two attached hydrogens (primary N) is 2. The second-order valence-corrected chi connectivity index (χ2v) is 6.00. The fourth-order valence-electron chi connectivity index (χ4n) is 2.91. The lowest BCUT2D eigenvalue weighted by Crippen LogP contribution is -2.42. The summed E-state index contributed by atoms with van der Waals surface area (Å²) in [6, 6.07) is 0. The molecule has 5 N–H and O–H groups in total. The van der Waals surface area contributed by atoms with Crippen molar-refractivity contribution in [3.8, 4) is 0 Å². The normalized spacial score (nSPS) is 19.8. The van der Waals surface area contributed by atoms with Gasteiger partial charge in [0.25, 0.3) is 0 Å². The van der Waals surface area contributed by atoms with E-state index in [-0.39, 0.29) is 0 Å². The largest absolute Gasteiger partial charge is 0.298 e. The highest BCUT2D eigenvalue weighted by atomic mass is 15.4. The summed E-state index contributed by atoms with van der Waals surface area (Å²) in [4.78, 5) is 0. The van der Waals surface area contributed by atoms with Crippen LogP contribution in [0.4, 0.5) is 0 Å². The molecule has 0 aliphatic heterocycles. The van der Waals surface area contributed by atoms with Crippen molar-refractivity contribution in [3.05, 3.63) is 0 Å². The maximum absolute atomic E-state index is 5.41. The van der Waals surface area contributed by atoms with Crippen LogP contribution in [0, 0.1) is 11.3 Å². The summed E-state index contributed by atoms with van der Waals surface area (Å²) >= 11 is 0. The average Bonchev–Trinajstić information content (AvgIpc) is 2.27. The molecule has 1 aliphatic rings. The van der Waals surface area contributed by atoms with Gasteiger partial charge in [0, 0.05) is 5.71 Å². The molecule has 4 heteroatoms. The summed E-state index contributed by atoms with van der Waals surface area (Å²) in [6.45, 7) is 6.74. The molecule has 1 fully saturated rings. The first-order chi connectivity index (χ1) is 7.92. The molecule has 0 heterocycles. The fraction of sp³-hybridized carbons (Fsp3) is 0.923. The average molecular weight is 240 g/mol. The van der Waals surface area contributed by atoms with E-state index in [0.717, 1.165) is 18.1 Å². The Hall–Kier alpha value is -0.610. The summed E-state index contributed by atoms with van der Waals surface area (Å²) in [5.41, 5.74) is 14.9. The Morgan fingerprint density at radius 3 is 2.41 bits per heavy atom. The van der Waals surface area contributed by atoms with Crippen LogP contribution >= 0.6 is 0 Å². The first-order valence-corrected chi connectivity index (χ1v) is 6.71. The zero-order valence-electron chi connectivity index (χ0n) is 11.5. The maximum Gasteiger partial charge on any atom is 0.142 e. The molecule has 1 saturated carbocycles. The van der Waals surface area contributed by atoms with Crippen molar-refractivity contribution in [2.24, 2.45) is 27.9 Å². The van der Waals surface area contributed by atoms with Gasteiger partial charge in [-0.2, -0.15) is 5.10 Å². The molecule has 17 heavy (non-hydrogen) atoms. The lowest BCUT2D eigenvalue weighted by molar-refractivity contribution is 0.165. The van der Waals surface area contributed by atoms with Gasteiger partial charge in [-0.25, -0.2) is 0 Å². The highest BCUT2D eigenvalue weighted by Gasteiger charge is 2.30. The van der Waals surface area contributed by atoms with Crippen LogP contribution in [0.15, 0.2) is 5.10 Å². The van der Waals surface area contributed by atoms with Gasteiger partial charge < -0.3 is 0 Å². The molecule has 0 bridgehead atoms. The van der Waals surface area contributed by atoms with E-state index in [9.17, 15) is 0 Å². The molecule has 0 aromatic rings. The standard InChI is InChI=1S/C13H28N4/c1-10(16-17-12(14)15)9-13(2,3)11-7-5-4-6-8-11/h11-12,17H,4-9,14-15H2,1-3H3. The molecule has 4 nitrogen and oxygen atoms in total. The quantitative estimate of drug-likeness (QED) is 0.391. The monoisotopic (exact) mass is 240 g/mol. The summed E-state index contributed by atoms with van der Waals surface area (Å²) in [5, 5.41) is 4.22. The molecule has 0 saturated heterocycles. The van der Waals surface area contributed by atoms with Crippen LogP contribution in [0.25, 0.3) is 0 Å². The topological polar surface area (TPSA) is 76.4 Å². The van der Waals surface area contributed by atoms with Crippen molar-refractivity contribution in [1.82, 2.24) is 5.43 Å². The van der Waals surface area contributed by atoms with Crippen LogP contribution < -0.4 is 16.9 Å². The van der Waals surface area contributed by atoms with Gasteiger partial charge in [0.05, 0.1) is 0 Å². The van der Waals surface area contributed by atoms with Crippen LogP contribution in [-0.4, -0.2) is 12.0 Å². The zero-order chi connectivity index (χ0) is 12.9. The fourth-order valence-corrected chi connectivity index (χ4v) is 2.91. The predicted molar refractivity (Wildman–Crippen MR) is 73.4 cm³/mol. The Kier molecular flexibility index (Phi) is 5.40. The highest BCUT2D eigenvalue weighted by Crippen LogP contribution is 2.40. The summed E-state index contributed by atoms with van der Waals surface area (Å²) in [5.74, 6) is 0.827. The first kappa shape index (κ1) is 14.5. The van der Waals surface area contributed by atoms with Gasteiger partial charge in [-0.1, -0.05) is 33.1 Å². The molecule has 0 atom stereocenters. The number of nitrogens with zero attached hydrogens (tertiary/aromatic N) is 1. The van der Waals surface area contributed by atoms with Crippen molar-refractivity contribution >= 4 is 5.71 Å². The Morgan fingerprint density at radius 2 is 1.88 bits per heavy atom. The number of hydrogen-bond donors (Lipinski definition) is 3. The molecule has 0 unspecified atom stereocenters. The summed E-state index contributed by atoms with van der Waals surface area (Å²) < 4.78 is 0. The Balaban J connectivity index is 2.49. The number of nitrogens with one attached hydrogen (secondary N) is 1. The summed E-state index contributed by atoms with van der Waals surface area (Å²) in [6.07, 6.45) is 7.35. The van der Waals surface area contributed by atoms with E-state index in [1.54, 1.807) is 0 Å². The van der Waals surface area contributed by atoms with Crippen molar-refractivity contribution in [3.63, 3.8) is 0 Å². The van der Waals surface area contributed by atoms with Crippen molar-refractivity contribution < 1.29 is 0 Å². The number of rotatable bonds is 5. The zero-order valence-corrected chi connectivity index (χ0v) is 11.5. The van der Waals surface area contributed by atoms with E-state index in [0.29, 0.717) is 5.41 Å². The minimum absolute atomic E-state index is 0.328. The Labute approximate surface area is 105 Å². The third-order valence-corrected chi connectivity index (χ3v) is 3.83. The lowest BCUT2D eigenvalue weighted by Gasteiger charge is -2.37. The minimum Gasteiger partial charge on any atom is -0.298 e. The van der Waals surface area contributed by atoms with Crippen LogP contribution in [0.2, 0.25) is 0 Å². The second-order valence-electron chi connectivity index (χ2n) is 6.00. The molecular weight excluding hydrogens is 212 g/mol. The molecule has 0 radical (unpaired) electrons. The van der Waals surface area contributed by atoms with E-state index in [1.807, 2.05) is 6.92 Å². The molecule has 0 spiro atoms. The molecule has 0 aromatic heterocycles. The highest BCUT2D eigenvalue weighted by molar-refractivity contribution is 5.82. The second kappa shape index (κ2) is 6.36. The molecule has 1 rings (SSSR count). The van der Waals surface area contributed by atoms with Crippen LogP contribution in [0.5, 0.6) is 0 Å². The maximum atomic E-state index is 5.41. The van der Waals surface area contributed by atoms with E-state index < -0.39 is 6.29 Å². The third kappa shape index (κ3) is 5.04. The Bertz CT molecular complexity index is 252. The van der Waals surface area contributed by atoms with Crippen LogP contribution in [-0.2, 0) is 0 Å². The molecule has 0 amide bonds. The molecule has 100 valence electrons. The van der Waals surface area contributed by atoms with Crippen molar-refractivity contribution in [1.29, 1.82) is 0 Å².